The van der Waals surface area contributed by atoms with Crippen LogP contribution in [0.2, 0.25) is 0 Å². The number of nitrogens with zero attached hydrogens (tertiary/aromatic N) is 4. The van der Waals surface area contributed by atoms with E-state index in [2.05, 4.69) is 9.80 Å². The van der Waals surface area contributed by atoms with Gasteiger partial charge >= 0.3 is 0 Å². The standard InChI is InChI=1S/C28H36F2N4O/c1-20-9-10-24(28(35)34-17-15-33(16-18-34)23-6-2-3-7-23)27(31-20)21-11-13-32(14-12-21)19-22-5-4-8-25(29)26(22)30/h4-5,8-10,21,23H,2-3,6-7,11-19H2,1H3. The molecule has 7 heteroatoms. The molecular weight excluding hydrogens is 446 g/mol. The number of carbonyl (C=O) groups is 1. The van der Waals surface area contributed by atoms with Gasteiger partial charge in [-0.15, -0.1) is 0 Å². The lowest BCUT2D eigenvalue weighted by Crippen LogP contribution is -2.51. The summed E-state index contributed by atoms with van der Waals surface area (Å²) in [7, 11) is 0. The quantitative estimate of drug-likeness (QED) is 0.617. The van der Waals surface area contributed by atoms with Crippen molar-refractivity contribution in [2.75, 3.05) is 39.3 Å². The zero-order valence-corrected chi connectivity index (χ0v) is 20.7. The summed E-state index contributed by atoms with van der Waals surface area (Å²) in [5.74, 6) is -1.26. The highest BCUT2D eigenvalue weighted by Gasteiger charge is 2.31. The van der Waals surface area contributed by atoms with Crippen molar-refractivity contribution >= 4 is 5.91 Å². The molecule has 0 radical (unpaired) electrons. The molecule has 2 saturated heterocycles. The third-order valence-electron chi connectivity index (χ3n) is 8.14. The topological polar surface area (TPSA) is 39.7 Å². The fourth-order valence-electron chi connectivity index (χ4n) is 6.07. The van der Waals surface area contributed by atoms with Crippen LogP contribution in [0.5, 0.6) is 0 Å². The molecule has 5 rings (SSSR count). The molecule has 0 N–H and O–H groups in total. The van der Waals surface area contributed by atoms with E-state index < -0.39 is 11.6 Å². The van der Waals surface area contributed by atoms with Crippen molar-refractivity contribution in [2.45, 2.75) is 64.0 Å². The molecular formula is C28H36F2N4O. The molecule has 0 spiro atoms. The molecule has 0 atom stereocenters. The molecule has 3 heterocycles. The van der Waals surface area contributed by atoms with Crippen LogP contribution in [-0.2, 0) is 6.54 Å². The molecule has 2 aromatic rings. The number of rotatable bonds is 5. The number of piperidine rings is 1. The van der Waals surface area contributed by atoms with Crippen LogP contribution in [0.15, 0.2) is 30.3 Å². The van der Waals surface area contributed by atoms with Gasteiger partial charge in [0.05, 0.1) is 11.3 Å². The summed E-state index contributed by atoms with van der Waals surface area (Å²) >= 11 is 0. The van der Waals surface area contributed by atoms with Crippen LogP contribution in [0.4, 0.5) is 8.78 Å². The zero-order valence-electron chi connectivity index (χ0n) is 20.7. The summed E-state index contributed by atoms with van der Waals surface area (Å²) in [6.07, 6.45) is 6.96. The Morgan fingerprint density at radius 1 is 0.943 bits per heavy atom. The number of amides is 1. The van der Waals surface area contributed by atoms with Gasteiger partial charge in [-0.1, -0.05) is 25.0 Å². The Morgan fingerprint density at radius 2 is 1.66 bits per heavy atom. The average molecular weight is 483 g/mol. The number of pyridine rings is 1. The van der Waals surface area contributed by atoms with Gasteiger partial charge in [0.15, 0.2) is 11.6 Å². The van der Waals surface area contributed by atoms with Gasteiger partial charge in [-0.2, -0.15) is 0 Å². The maximum Gasteiger partial charge on any atom is 0.255 e. The normalized spacial score (nSPS) is 21.1. The number of hydrogen-bond acceptors (Lipinski definition) is 4. The maximum absolute atomic E-state index is 14.1. The molecule has 1 aromatic heterocycles. The number of halogens is 2. The van der Waals surface area contributed by atoms with E-state index in [0.717, 1.165) is 75.1 Å². The Hall–Kier alpha value is -2.38. The summed E-state index contributed by atoms with van der Waals surface area (Å²) in [5.41, 5.74) is 2.96. The van der Waals surface area contributed by atoms with Gasteiger partial charge in [-0.3, -0.25) is 19.6 Å². The van der Waals surface area contributed by atoms with Crippen LogP contribution in [0.1, 0.15) is 71.8 Å². The van der Waals surface area contributed by atoms with E-state index in [1.54, 1.807) is 12.1 Å². The lowest BCUT2D eigenvalue weighted by atomic mass is 9.89. The SMILES string of the molecule is Cc1ccc(C(=O)N2CCN(C3CCCC3)CC2)c(C2CCN(Cc3cccc(F)c3F)CC2)n1. The molecule has 0 unspecified atom stereocenters. The van der Waals surface area contributed by atoms with Crippen molar-refractivity contribution in [1.82, 2.24) is 19.7 Å². The molecule has 1 saturated carbocycles. The van der Waals surface area contributed by atoms with Crippen molar-refractivity contribution in [3.05, 3.63) is 64.5 Å². The van der Waals surface area contributed by atoms with Gasteiger partial charge in [0.25, 0.3) is 5.91 Å². The molecule has 3 aliphatic rings. The van der Waals surface area contributed by atoms with Crippen molar-refractivity contribution in [1.29, 1.82) is 0 Å². The fourth-order valence-corrected chi connectivity index (χ4v) is 6.07. The van der Waals surface area contributed by atoms with Gasteiger partial charge in [0.2, 0.25) is 0 Å². The molecule has 1 aromatic carbocycles. The van der Waals surface area contributed by atoms with Crippen molar-refractivity contribution in [3.63, 3.8) is 0 Å². The molecule has 3 fully saturated rings. The van der Waals surface area contributed by atoms with Crippen LogP contribution in [0.25, 0.3) is 0 Å². The van der Waals surface area contributed by atoms with E-state index in [4.69, 9.17) is 4.98 Å². The first-order chi connectivity index (χ1) is 17.0. The van der Waals surface area contributed by atoms with Gasteiger partial charge in [0, 0.05) is 55.9 Å². The van der Waals surface area contributed by atoms with Crippen LogP contribution in [-0.4, -0.2) is 70.9 Å². The Balaban J connectivity index is 1.23. The summed E-state index contributed by atoms with van der Waals surface area (Å²) < 4.78 is 27.7. The first kappa shape index (κ1) is 24.3. The minimum absolute atomic E-state index is 0.0998. The predicted octanol–water partition coefficient (Wildman–Crippen LogP) is 4.75. The predicted molar refractivity (Wildman–Crippen MR) is 132 cm³/mol. The van der Waals surface area contributed by atoms with Crippen LogP contribution in [0, 0.1) is 18.6 Å². The zero-order chi connectivity index (χ0) is 24.4. The second-order valence-electron chi connectivity index (χ2n) is 10.4. The largest absolute Gasteiger partial charge is 0.336 e. The summed E-state index contributed by atoms with van der Waals surface area (Å²) in [6.45, 7) is 7.38. The number of hydrogen-bond donors (Lipinski definition) is 0. The molecule has 1 aliphatic carbocycles. The number of aromatic nitrogens is 1. The second-order valence-corrected chi connectivity index (χ2v) is 10.4. The first-order valence-electron chi connectivity index (χ1n) is 13.2. The Bertz CT molecular complexity index is 1040. The number of aryl methyl sites for hydroxylation is 1. The monoisotopic (exact) mass is 482 g/mol. The lowest BCUT2D eigenvalue weighted by molar-refractivity contribution is 0.0570. The molecule has 35 heavy (non-hydrogen) atoms. The van der Waals surface area contributed by atoms with E-state index >= 15 is 0 Å². The van der Waals surface area contributed by atoms with Gasteiger partial charge in [-0.05, 0) is 63.9 Å². The number of likely N-dealkylation sites (tertiary alicyclic amines) is 1. The highest BCUT2D eigenvalue weighted by Crippen LogP contribution is 2.31. The third kappa shape index (κ3) is 5.41. The minimum atomic E-state index is -0.798. The van der Waals surface area contributed by atoms with Crippen LogP contribution < -0.4 is 0 Å². The molecule has 5 nitrogen and oxygen atoms in total. The number of carbonyl (C=O) groups excluding carboxylic acids is 1. The first-order valence-corrected chi connectivity index (χ1v) is 13.2. The average Bonchev–Trinajstić information content (AvgIpc) is 3.42. The maximum atomic E-state index is 14.1. The van der Waals surface area contributed by atoms with Crippen molar-refractivity contribution in [3.8, 4) is 0 Å². The molecule has 2 aliphatic heterocycles. The molecule has 188 valence electrons. The highest BCUT2D eigenvalue weighted by molar-refractivity contribution is 5.95. The lowest BCUT2D eigenvalue weighted by Gasteiger charge is -2.38. The smallest absolute Gasteiger partial charge is 0.255 e. The molecule has 1 amide bonds. The van der Waals surface area contributed by atoms with E-state index in [1.165, 1.54) is 25.7 Å². The Kier molecular flexibility index (Phi) is 7.44. The Labute approximate surface area is 207 Å². The summed E-state index contributed by atoms with van der Waals surface area (Å²) in [6, 6.07) is 8.96. The van der Waals surface area contributed by atoms with Gasteiger partial charge in [0.1, 0.15) is 0 Å². The van der Waals surface area contributed by atoms with Crippen molar-refractivity contribution < 1.29 is 13.6 Å². The number of benzene rings is 1. The minimum Gasteiger partial charge on any atom is -0.336 e. The second kappa shape index (κ2) is 10.7. The van der Waals surface area contributed by atoms with Gasteiger partial charge in [-0.25, -0.2) is 8.78 Å². The fraction of sp³-hybridized carbons (Fsp3) is 0.571. The summed E-state index contributed by atoms with van der Waals surface area (Å²) in [5, 5.41) is 0. The summed E-state index contributed by atoms with van der Waals surface area (Å²) in [4.78, 5) is 25.1. The van der Waals surface area contributed by atoms with E-state index in [9.17, 15) is 13.6 Å². The van der Waals surface area contributed by atoms with Crippen LogP contribution >= 0.6 is 0 Å². The Morgan fingerprint density at radius 3 is 2.37 bits per heavy atom. The van der Waals surface area contributed by atoms with Crippen molar-refractivity contribution in [2.24, 2.45) is 0 Å². The van der Waals surface area contributed by atoms with E-state index in [1.807, 2.05) is 24.0 Å². The van der Waals surface area contributed by atoms with E-state index in [0.29, 0.717) is 18.2 Å². The number of piperazine rings is 1. The van der Waals surface area contributed by atoms with E-state index in [-0.39, 0.29) is 11.8 Å². The molecule has 0 bridgehead atoms. The highest BCUT2D eigenvalue weighted by atomic mass is 19.2. The third-order valence-corrected chi connectivity index (χ3v) is 8.14. The van der Waals surface area contributed by atoms with Crippen LogP contribution in [0.3, 0.4) is 0 Å². The van der Waals surface area contributed by atoms with Gasteiger partial charge < -0.3 is 4.90 Å².